The molecule has 5 rings (SSSR count). The van der Waals surface area contributed by atoms with Gasteiger partial charge in [-0.2, -0.15) is 0 Å². The van der Waals surface area contributed by atoms with Crippen molar-refractivity contribution in [1.82, 2.24) is 9.80 Å². The predicted octanol–water partition coefficient (Wildman–Crippen LogP) is 7.05. The van der Waals surface area contributed by atoms with Gasteiger partial charge in [-0.25, -0.2) is 0 Å². The molecule has 2 N–H and O–H groups in total. The van der Waals surface area contributed by atoms with Gasteiger partial charge < -0.3 is 15.1 Å². The number of quaternary nitrogens is 1. The maximum atomic E-state index is 13.3. The molecule has 0 saturated carbocycles. The zero-order valence-electron chi connectivity index (χ0n) is 29.8. The number of fused-ring (bicyclic) bond motifs is 1. The monoisotopic (exact) mass is 665 g/mol. The number of nitrogens with zero attached hydrogens (tertiary/aromatic N) is 3. The first kappa shape index (κ1) is 36.5. The highest BCUT2D eigenvalue weighted by atomic mass is 16.2. The summed E-state index contributed by atoms with van der Waals surface area (Å²) in [5, 5.41) is 0. The lowest BCUT2D eigenvalue weighted by molar-refractivity contribution is -0.890. The molecule has 2 heterocycles. The average molecular weight is 666 g/mol. The highest BCUT2D eigenvalue weighted by molar-refractivity contribution is 6.21. The summed E-state index contributed by atoms with van der Waals surface area (Å²) >= 11 is 0. The van der Waals surface area contributed by atoms with Crippen molar-refractivity contribution in [3.63, 3.8) is 0 Å². The molecule has 3 aromatic rings. The molecule has 0 aromatic heterocycles. The summed E-state index contributed by atoms with van der Waals surface area (Å²) in [6.07, 6.45) is 13.0. The van der Waals surface area contributed by atoms with Gasteiger partial charge in [0.2, 0.25) is 5.91 Å². The fourth-order valence-corrected chi connectivity index (χ4v) is 8.21. The lowest BCUT2D eigenvalue weighted by Gasteiger charge is -2.37. The van der Waals surface area contributed by atoms with E-state index in [0.717, 1.165) is 67.6 Å². The van der Waals surface area contributed by atoms with Crippen molar-refractivity contribution in [2.24, 2.45) is 11.7 Å². The minimum atomic E-state index is -0.810. The SMILES string of the molecule is C[N+](C)(CCCCCCCCCCN1CCC(C(C(N)=O)(c2ccccc2)c2ccccc2)C1)CCCCN1C(=O)c2ccccc2C1=O. The largest absolute Gasteiger partial charge is 0.369 e. The minimum absolute atomic E-state index is 0.148. The van der Waals surface area contributed by atoms with Crippen LogP contribution in [0.5, 0.6) is 0 Å². The minimum Gasteiger partial charge on any atom is -0.369 e. The Kier molecular flexibility index (Phi) is 12.8. The molecular weight excluding hydrogens is 608 g/mol. The Morgan fingerprint density at radius 3 is 1.65 bits per heavy atom. The van der Waals surface area contributed by atoms with Crippen molar-refractivity contribution in [2.75, 3.05) is 53.4 Å². The fraction of sp³-hybridized carbons (Fsp3) is 0.500. The van der Waals surface area contributed by atoms with Crippen LogP contribution in [0.4, 0.5) is 0 Å². The van der Waals surface area contributed by atoms with Crippen LogP contribution in [0.3, 0.4) is 0 Å². The van der Waals surface area contributed by atoms with E-state index in [0.29, 0.717) is 17.7 Å². The second kappa shape index (κ2) is 17.2. The Morgan fingerprint density at radius 2 is 1.12 bits per heavy atom. The third kappa shape index (κ3) is 8.87. The van der Waals surface area contributed by atoms with Crippen molar-refractivity contribution in [1.29, 1.82) is 0 Å². The fourth-order valence-electron chi connectivity index (χ4n) is 8.21. The van der Waals surface area contributed by atoms with Gasteiger partial charge in [0.15, 0.2) is 0 Å². The van der Waals surface area contributed by atoms with E-state index in [1.54, 1.807) is 12.1 Å². The number of benzene rings is 3. The van der Waals surface area contributed by atoms with Gasteiger partial charge in [0, 0.05) is 13.1 Å². The summed E-state index contributed by atoms with van der Waals surface area (Å²) in [5.41, 5.74) is 8.53. The van der Waals surface area contributed by atoms with Crippen LogP contribution in [0.25, 0.3) is 0 Å². The van der Waals surface area contributed by atoms with E-state index in [9.17, 15) is 14.4 Å². The topological polar surface area (TPSA) is 83.7 Å². The van der Waals surface area contributed by atoms with E-state index in [4.69, 9.17) is 5.73 Å². The van der Waals surface area contributed by atoms with Crippen LogP contribution < -0.4 is 5.73 Å². The molecule has 3 amide bonds. The zero-order chi connectivity index (χ0) is 34.7. The first-order valence-electron chi connectivity index (χ1n) is 18.6. The van der Waals surface area contributed by atoms with Crippen LogP contribution in [0.2, 0.25) is 0 Å². The quantitative estimate of drug-likeness (QED) is 0.0797. The van der Waals surface area contributed by atoms with Gasteiger partial charge in [0.1, 0.15) is 5.41 Å². The van der Waals surface area contributed by atoms with E-state index >= 15 is 0 Å². The van der Waals surface area contributed by atoms with E-state index in [2.05, 4.69) is 43.3 Å². The van der Waals surface area contributed by atoms with Crippen molar-refractivity contribution < 1.29 is 18.9 Å². The Labute approximate surface area is 294 Å². The summed E-state index contributed by atoms with van der Waals surface area (Å²) in [7, 11) is 4.59. The number of unbranched alkanes of at least 4 members (excludes halogenated alkanes) is 8. The number of likely N-dealkylation sites (tertiary alicyclic amines) is 1. The number of hydrogen-bond donors (Lipinski definition) is 1. The second-order valence-electron chi connectivity index (χ2n) is 14.9. The van der Waals surface area contributed by atoms with E-state index in [1.165, 1.54) is 56.3 Å². The van der Waals surface area contributed by atoms with Gasteiger partial charge >= 0.3 is 0 Å². The van der Waals surface area contributed by atoms with Gasteiger partial charge in [-0.05, 0) is 80.8 Å². The molecule has 7 heteroatoms. The van der Waals surface area contributed by atoms with Gasteiger partial charge in [-0.1, -0.05) is 105 Å². The lowest BCUT2D eigenvalue weighted by atomic mass is 9.64. The van der Waals surface area contributed by atoms with Crippen LogP contribution in [-0.2, 0) is 10.2 Å². The summed E-state index contributed by atoms with van der Waals surface area (Å²) < 4.78 is 0.983. The third-order valence-corrected chi connectivity index (χ3v) is 11.0. The normalized spacial score (nSPS) is 16.8. The number of carbonyl (C=O) groups excluding carboxylic acids is 3. The highest BCUT2D eigenvalue weighted by Gasteiger charge is 2.49. The van der Waals surface area contributed by atoms with Crippen LogP contribution in [0, 0.1) is 5.92 Å². The second-order valence-corrected chi connectivity index (χ2v) is 14.9. The molecule has 1 atom stereocenters. The molecule has 0 aliphatic carbocycles. The number of carbonyl (C=O) groups is 3. The summed E-state index contributed by atoms with van der Waals surface area (Å²) in [6.45, 7) is 5.72. The summed E-state index contributed by atoms with van der Waals surface area (Å²) in [4.78, 5) is 42.4. The number of primary amides is 1. The first-order chi connectivity index (χ1) is 23.7. The number of imide groups is 1. The molecule has 2 aliphatic heterocycles. The molecule has 262 valence electrons. The van der Waals surface area contributed by atoms with Gasteiger partial charge in [-0.3, -0.25) is 19.3 Å². The molecule has 0 bridgehead atoms. The lowest BCUT2D eigenvalue weighted by Crippen LogP contribution is -2.49. The molecule has 1 saturated heterocycles. The third-order valence-electron chi connectivity index (χ3n) is 11.0. The van der Waals surface area contributed by atoms with Gasteiger partial charge in [0.25, 0.3) is 11.8 Å². The first-order valence-corrected chi connectivity index (χ1v) is 18.6. The molecule has 1 unspecified atom stereocenters. The van der Waals surface area contributed by atoms with Crippen molar-refractivity contribution >= 4 is 17.7 Å². The molecular formula is C42H57N4O3+. The maximum Gasteiger partial charge on any atom is 0.261 e. The van der Waals surface area contributed by atoms with Crippen molar-refractivity contribution in [3.05, 3.63) is 107 Å². The molecule has 1 fully saturated rings. The Hall–Kier alpha value is -3.81. The Bertz CT molecular complexity index is 1450. The number of hydrogen-bond acceptors (Lipinski definition) is 4. The maximum absolute atomic E-state index is 13.3. The molecule has 49 heavy (non-hydrogen) atoms. The highest BCUT2D eigenvalue weighted by Crippen LogP contribution is 2.43. The molecule has 7 nitrogen and oxygen atoms in total. The molecule has 0 spiro atoms. The van der Waals surface area contributed by atoms with Gasteiger partial charge in [-0.15, -0.1) is 0 Å². The molecule has 0 radical (unpaired) electrons. The Morgan fingerprint density at radius 1 is 0.673 bits per heavy atom. The summed E-state index contributed by atoms with van der Waals surface area (Å²) in [5.74, 6) is -0.393. The Balaban J connectivity index is 0.924. The number of amides is 3. The zero-order valence-corrected chi connectivity index (χ0v) is 29.8. The van der Waals surface area contributed by atoms with Crippen LogP contribution >= 0.6 is 0 Å². The van der Waals surface area contributed by atoms with Gasteiger partial charge in [0.05, 0.1) is 38.3 Å². The van der Waals surface area contributed by atoms with E-state index < -0.39 is 5.41 Å². The smallest absolute Gasteiger partial charge is 0.261 e. The van der Waals surface area contributed by atoms with Crippen molar-refractivity contribution in [2.45, 2.75) is 76.0 Å². The van der Waals surface area contributed by atoms with Crippen LogP contribution in [0.15, 0.2) is 84.9 Å². The molecule has 3 aromatic carbocycles. The van der Waals surface area contributed by atoms with Crippen LogP contribution in [0.1, 0.15) is 102 Å². The standard InChI is InChI=1S/C42H56N4O3/c1-46(2,32-20-18-29-45-39(47)37-25-15-16-26-38(37)40(45)48)31-19-8-6-4-3-5-7-17-28-44-30-27-36(33-44)42(41(43)49,34-21-11-9-12-22-34)35-23-13-10-14-24-35/h9-16,21-26,36H,3-8,17-20,27-33H2,1-2H3,(H-,43,49)/p+1. The van der Waals surface area contributed by atoms with E-state index in [-0.39, 0.29) is 23.6 Å². The van der Waals surface area contributed by atoms with E-state index in [1.807, 2.05) is 48.5 Å². The average Bonchev–Trinajstić information content (AvgIpc) is 3.67. The summed E-state index contributed by atoms with van der Waals surface area (Å²) in [6, 6.07) is 27.4. The predicted molar refractivity (Wildman–Crippen MR) is 197 cm³/mol. The number of nitrogens with two attached hydrogens (primary N) is 1. The van der Waals surface area contributed by atoms with Crippen molar-refractivity contribution in [3.8, 4) is 0 Å². The molecule has 2 aliphatic rings. The van der Waals surface area contributed by atoms with Crippen LogP contribution in [-0.4, -0.2) is 85.4 Å². The number of rotatable bonds is 20.